The minimum Gasteiger partial charge on any atom is -0.450 e. The van der Waals surface area contributed by atoms with E-state index in [0.29, 0.717) is 18.6 Å². The molecule has 7 nitrogen and oxygen atoms in total. The van der Waals surface area contributed by atoms with Gasteiger partial charge in [-0.1, -0.05) is 0 Å². The minimum atomic E-state index is -2.61. The number of hydrogen-bond acceptors (Lipinski definition) is 4. The van der Waals surface area contributed by atoms with Crippen LogP contribution in [-0.4, -0.2) is 90.2 Å². The molecule has 0 aromatic carbocycles. The number of rotatable bonds is 4. The smallest absolute Gasteiger partial charge is 0.409 e. The van der Waals surface area contributed by atoms with Gasteiger partial charge >= 0.3 is 12.1 Å². The number of piperidine rings is 1. The third kappa shape index (κ3) is 5.46. The number of nitrogens with one attached hydrogen (secondary N) is 1. The first-order valence-electron chi connectivity index (χ1n) is 12.5. The van der Waals surface area contributed by atoms with Crippen LogP contribution in [0.5, 0.6) is 0 Å². The van der Waals surface area contributed by atoms with Crippen LogP contribution in [-0.2, 0) is 4.74 Å². The average molecular weight is 457 g/mol. The van der Waals surface area contributed by atoms with Crippen LogP contribution in [0.25, 0.3) is 0 Å². The molecule has 0 aromatic rings. The Labute approximate surface area is 189 Å². The first-order valence-corrected chi connectivity index (χ1v) is 12.5. The number of nitrogens with zero attached hydrogens (tertiary/aromatic N) is 3. The summed E-state index contributed by atoms with van der Waals surface area (Å²) in [6, 6.07) is 0.188. The molecule has 182 valence electrons. The summed E-state index contributed by atoms with van der Waals surface area (Å²) in [5, 5.41) is 2.83. The Hall–Kier alpha value is -1.64. The van der Waals surface area contributed by atoms with E-state index >= 15 is 0 Å². The van der Waals surface area contributed by atoms with Crippen molar-refractivity contribution in [2.75, 3.05) is 39.3 Å². The lowest BCUT2D eigenvalue weighted by Gasteiger charge is -2.42. The number of likely N-dealkylation sites (tertiary alicyclic amines) is 3. The van der Waals surface area contributed by atoms with E-state index in [9.17, 15) is 18.4 Å². The van der Waals surface area contributed by atoms with Gasteiger partial charge in [-0.25, -0.2) is 18.4 Å². The van der Waals surface area contributed by atoms with Crippen molar-refractivity contribution in [1.82, 2.24) is 20.0 Å². The molecule has 4 fully saturated rings. The standard InChI is InChI=1S/C23H38F2N4O3/c1-2-32-22(31)28-10-3-5-19(9-14-28)27-12-7-17(8-13-27)20-6-4-11-29(20)21(30)26-18-15-23(24,25)16-18/h17-20H,2-16H2,1H3,(H,26,30). The summed E-state index contributed by atoms with van der Waals surface area (Å²) in [6.45, 7) is 6.54. The van der Waals surface area contributed by atoms with E-state index < -0.39 is 5.92 Å². The SMILES string of the molecule is CCOC(=O)N1CCCC(N2CCC(C3CCCN3C(=O)NC3CC(F)(F)C3)CC2)CC1. The zero-order valence-electron chi connectivity index (χ0n) is 19.2. The molecular weight excluding hydrogens is 418 g/mol. The maximum Gasteiger partial charge on any atom is 0.409 e. The van der Waals surface area contributed by atoms with Gasteiger partial charge in [0.2, 0.25) is 0 Å². The van der Waals surface area contributed by atoms with E-state index in [1.54, 1.807) is 0 Å². The zero-order valence-corrected chi connectivity index (χ0v) is 19.2. The summed E-state index contributed by atoms with van der Waals surface area (Å²) in [5.41, 5.74) is 0. The molecule has 3 heterocycles. The average Bonchev–Trinajstić information content (AvgIpc) is 3.10. The molecule has 0 radical (unpaired) electrons. The lowest BCUT2D eigenvalue weighted by molar-refractivity contribution is -0.0904. The molecule has 0 bridgehead atoms. The van der Waals surface area contributed by atoms with Crippen LogP contribution in [0, 0.1) is 5.92 Å². The summed E-state index contributed by atoms with van der Waals surface area (Å²) >= 11 is 0. The highest BCUT2D eigenvalue weighted by Gasteiger charge is 2.47. The Kier molecular flexibility index (Phi) is 7.42. The van der Waals surface area contributed by atoms with Crippen molar-refractivity contribution >= 4 is 12.1 Å². The highest BCUT2D eigenvalue weighted by Crippen LogP contribution is 2.38. The fourth-order valence-corrected chi connectivity index (χ4v) is 6.07. The van der Waals surface area contributed by atoms with Gasteiger partial charge in [0.05, 0.1) is 6.61 Å². The summed E-state index contributed by atoms with van der Waals surface area (Å²) in [7, 11) is 0. The van der Waals surface area contributed by atoms with Gasteiger partial charge in [0.25, 0.3) is 5.92 Å². The molecule has 2 atom stereocenters. The molecule has 1 N–H and O–H groups in total. The molecule has 32 heavy (non-hydrogen) atoms. The van der Waals surface area contributed by atoms with Crippen LogP contribution in [0.1, 0.15) is 64.7 Å². The van der Waals surface area contributed by atoms with E-state index in [-0.39, 0.29) is 37.0 Å². The van der Waals surface area contributed by atoms with E-state index in [4.69, 9.17) is 4.74 Å². The van der Waals surface area contributed by atoms with Crippen LogP contribution in [0.15, 0.2) is 0 Å². The number of carbonyl (C=O) groups is 2. The summed E-state index contributed by atoms with van der Waals surface area (Å²) in [4.78, 5) is 31.1. The maximum absolute atomic E-state index is 13.1. The van der Waals surface area contributed by atoms with Crippen molar-refractivity contribution in [2.24, 2.45) is 5.92 Å². The highest BCUT2D eigenvalue weighted by molar-refractivity contribution is 5.75. The molecule has 4 rings (SSSR count). The van der Waals surface area contributed by atoms with E-state index in [0.717, 1.165) is 77.7 Å². The van der Waals surface area contributed by atoms with Gasteiger partial charge in [0.1, 0.15) is 0 Å². The molecule has 0 aromatic heterocycles. The number of halogens is 2. The summed E-state index contributed by atoms with van der Waals surface area (Å²) < 4.78 is 31.4. The first kappa shape index (κ1) is 23.5. The molecule has 2 unspecified atom stereocenters. The van der Waals surface area contributed by atoms with Gasteiger partial charge in [-0.05, 0) is 70.9 Å². The topological polar surface area (TPSA) is 65.1 Å². The molecule has 9 heteroatoms. The Morgan fingerprint density at radius 3 is 2.38 bits per heavy atom. The monoisotopic (exact) mass is 456 g/mol. The Morgan fingerprint density at radius 1 is 0.969 bits per heavy atom. The van der Waals surface area contributed by atoms with Gasteiger partial charge in [0.15, 0.2) is 0 Å². The summed E-state index contributed by atoms with van der Waals surface area (Å²) in [6.07, 6.45) is 6.55. The highest BCUT2D eigenvalue weighted by atomic mass is 19.3. The van der Waals surface area contributed by atoms with Crippen LogP contribution in [0.4, 0.5) is 18.4 Å². The number of alkyl halides is 2. The van der Waals surface area contributed by atoms with E-state index in [1.165, 1.54) is 0 Å². The molecule has 4 aliphatic rings. The molecule has 1 saturated carbocycles. The molecular formula is C23H38F2N4O3. The molecule has 3 saturated heterocycles. The second kappa shape index (κ2) is 10.1. The molecule has 3 aliphatic heterocycles. The van der Waals surface area contributed by atoms with E-state index in [2.05, 4.69) is 10.2 Å². The van der Waals surface area contributed by atoms with Crippen LogP contribution in [0.2, 0.25) is 0 Å². The fraction of sp³-hybridized carbons (Fsp3) is 0.913. The van der Waals surface area contributed by atoms with Crippen molar-refractivity contribution in [2.45, 2.75) is 88.8 Å². The third-order valence-corrected chi connectivity index (χ3v) is 7.84. The van der Waals surface area contributed by atoms with E-state index in [1.807, 2.05) is 16.7 Å². The Bertz CT molecular complexity index is 664. The van der Waals surface area contributed by atoms with Gasteiger partial charge in [-0.2, -0.15) is 0 Å². The van der Waals surface area contributed by atoms with Crippen LogP contribution in [0.3, 0.4) is 0 Å². The second-order valence-electron chi connectivity index (χ2n) is 9.96. The summed E-state index contributed by atoms with van der Waals surface area (Å²) in [5.74, 6) is -2.13. The lowest BCUT2D eigenvalue weighted by atomic mass is 9.86. The Morgan fingerprint density at radius 2 is 1.69 bits per heavy atom. The maximum atomic E-state index is 13.1. The quantitative estimate of drug-likeness (QED) is 0.701. The largest absolute Gasteiger partial charge is 0.450 e. The zero-order chi connectivity index (χ0) is 22.7. The van der Waals surface area contributed by atoms with Gasteiger partial charge < -0.3 is 24.8 Å². The lowest BCUT2D eigenvalue weighted by Crippen LogP contribution is -2.56. The fourth-order valence-electron chi connectivity index (χ4n) is 6.07. The molecule has 1 aliphatic carbocycles. The van der Waals surface area contributed by atoms with Crippen molar-refractivity contribution in [3.8, 4) is 0 Å². The second-order valence-corrected chi connectivity index (χ2v) is 9.96. The number of hydrogen-bond donors (Lipinski definition) is 1. The number of ether oxygens (including phenoxy) is 1. The van der Waals surface area contributed by atoms with Crippen molar-refractivity contribution < 1.29 is 23.1 Å². The third-order valence-electron chi connectivity index (χ3n) is 7.84. The minimum absolute atomic E-state index is 0.154. The molecule has 3 amide bonds. The number of carbonyl (C=O) groups excluding carboxylic acids is 2. The van der Waals surface area contributed by atoms with Gasteiger partial charge in [-0.15, -0.1) is 0 Å². The van der Waals surface area contributed by atoms with Crippen molar-refractivity contribution in [3.05, 3.63) is 0 Å². The predicted octanol–water partition coefficient (Wildman–Crippen LogP) is 3.68. The van der Waals surface area contributed by atoms with Gasteiger partial charge in [-0.3, -0.25) is 0 Å². The van der Waals surface area contributed by atoms with Crippen LogP contribution < -0.4 is 5.32 Å². The Balaban J connectivity index is 1.23. The number of amides is 3. The van der Waals surface area contributed by atoms with Crippen LogP contribution >= 0.6 is 0 Å². The van der Waals surface area contributed by atoms with Gasteiger partial charge in [0, 0.05) is 50.6 Å². The van der Waals surface area contributed by atoms with Crippen molar-refractivity contribution in [3.63, 3.8) is 0 Å². The normalized spacial score (nSPS) is 30.0. The number of urea groups is 1. The first-order chi connectivity index (χ1) is 15.4. The van der Waals surface area contributed by atoms with Crippen molar-refractivity contribution in [1.29, 1.82) is 0 Å². The molecule has 0 spiro atoms. The predicted molar refractivity (Wildman–Crippen MR) is 117 cm³/mol.